The molecule has 0 aliphatic heterocycles. The highest BCUT2D eigenvalue weighted by Gasteiger charge is 2.16. The minimum atomic E-state index is -0.586. The molecule has 0 bridgehead atoms. The van der Waals surface area contributed by atoms with Crippen LogP contribution in [0, 0.1) is 0 Å². The van der Waals surface area contributed by atoms with Gasteiger partial charge >= 0.3 is 6.09 Å². The van der Waals surface area contributed by atoms with Gasteiger partial charge in [-0.15, -0.1) is 0 Å². The van der Waals surface area contributed by atoms with Gasteiger partial charge in [0.15, 0.2) is 0 Å². The summed E-state index contributed by atoms with van der Waals surface area (Å²) < 4.78 is 6.04. The molecule has 2 rings (SSSR count). The van der Waals surface area contributed by atoms with Gasteiger partial charge in [0, 0.05) is 29.7 Å². The summed E-state index contributed by atoms with van der Waals surface area (Å²) in [6, 6.07) is 14.9. The summed E-state index contributed by atoms with van der Waals surface area (Å²) in [5.74, 6) is -0.357. The van der Waals surface area contributed by atoms with Crippen molar-refractivity contribution in [2.45, 2.75) is 45.8 Å². The van der Waals surface area contributed by atoms with Crippen molar-refractivity contribution in [1.82, 2.24) is 10.6 Å². The van der Waals surface area contributed by atoms with Crippen LogP contribution >= 0.6 is 15.9 Å². The fraction of sp³-hybridized carbons (Fsp3) is 0.348. The van der Waals surface area contributed by atoms with E-state index >= 15 is 0 Å². The van der Waals surface area contributed by atoms with Crippen LogP contribution in [0.4, 0.5) is 10.5 Å². The molecule has 2 aromatic rings. The van der Waals surface area contributed by atoms with Crippen LogP contribution < -0.4 is 16.0 Å². The molecule has 0 aliphatic carbocycles. The standard InChI is InChI=1S/C23H28BrN3O4/c1-23(2,3)31-22(30)25-12-11-20(28)26-15-17-8-4-5-10-19(17)27-21(29)14-16-7-6-9-18(24)13-16/h4-10,13H,11-12,14-15H2,1-3H3,(H,25,30)(H,26,28)(H,27,29). The molecule has 0 saturated heterocycles. The molecule has 0 unspecified atom stereocenters. The lowest BCUT2D eigenvalue weighted by molar-refractivity contribution is -0.121. The molecule has 31 heavy (non-hydrogen) atoms. The van der Waals surface area contributed by atoms with Crippen molar-refractivity contribution in [2.24, 2.45) is 0 Å². The molecule has 3 N–H and O–H groups in total. The highest BCUT2D eigenvalue weighted by Crippen LogP contribution is 2.17. The summed E-state index contributed by atoms with van der Waals surface area (Å²) in [4.78, 5) is 36.1. The normalized spacial score (nSPS) is 10.8. The average molecular weight is 490 g/mol. The first-order valence-electron chi connectivity index (χ1n) is 9.98. The van der Waals surface area contributed by atoms with Gasteiger partial charge in [-0.1, -0.05) is 46.3 Å². The van der Waals surface area contributed by atoms with Crippen molar-refractivity contribution in [2.75, 3.05) is 11.9 Å². The number of hydrogen-bond acceptors (Lipinski definition) is 4. The summed E-state index contributed by atoms with van der Waals surface area (Å²) in [5, 5.41) is 8.26. The molecule has 0 saturated carbocycles. The van der Waals surface area contributed by atoms with E-state index in [1.165, 1.54) is 0 Å². The second kappa shape index (κ2) is 11.5. The molecule has 0 radical (unpaired) electrons. The average Bonchev–Trinajstić information content (AvgIpc) is 2.66. The number of nitrogens with one attached hydrogen (secondary N) is 3. The molecule has 0 spiro atoms. The molecular weight excluding hydrogens is 462 g/mol. The topological polar surface area (TPSA) is 96.5 Å². The number of anilines is 1. The van der Waals surface area contributed by atoms with Crippen LogP contribution in [0.5, 0.6) is 0 Å². The lowest BCUT2D eigenvalue weighted by Crippen LogP contribution is -2.35. The Kier molecular flexibility index (Phi) is 9.05. The Balaban J connectivity index is 1.81. The number of rotatable bonds is 8. The van der Waals surface area contributed by atoms with Gasteiger partial charge in [0.2, 0.25) is 11.8 Å². The number of carbonyl (C=O) groups excluding carboxylic acids is 3. The van der Waals surface area contributed by atoms with Crippen LogP contribution in [0.15, 0.2) is 53.0 Å². The molecule has 7 nitrogen and oxygen atoms in total. The van der Waals surface area contributed by atoms with Crippen LogP contribution in [0.25, 0.3) is 0 Å². The molecule has 0 aliphatic rings. The van der Waals surface area contributed by atoms with Crippen molar-refractivity contribution in [1.29, 1.82) is 0 Å². The van der Waals surface area contributed by atoms with Gasteiger partial charge < -0.3 is 20.7 Å². The minimum absolute atomic E-state index is 0.122. The van der Waals surface area contributed by atoms with Crippen molar-refractivity contribution in [3.8, 4) is 0 Å². The quantitative estimate of drug-likeness (QED) is 0.518. The van der Waals surface area contributed by atoms with E-state index in [1.54, 1.807) is 26.8 Å². The van der Waals surface area contributed by atoms with Crippen molar-refractivity contribution in [3.05, 3.63) is 64.1 Å². The second-order valence-electron chi connectivity index (χ2n) is 7.97. The zero-order valence-corrected chi connectivity index (χ0v) is 19.5. The van der Waals surface area contributed by atoms with Crippen LogP contribution in [0.3, 0.4) is 0 Å². The predicted octanol–water partition coefficient (Wildman–Crippen LogP) is 4.16. The molecule has 0 fully saturated rings. The summed E-state index contributed by atoms with van der Waals surface area (Å²) in [6.07, 6.45) is -0.188. The summed E-state index contributed by atoms with van der Waals surface area (Å²) in [5.41, 5.74) is 1.75. The third-order valence-electron chi connectivity index (χ3n) is 4.04. The largest absolute Gasteiger partial charge is 0.444 e. The summed E-state index contributed by atoms with van der Waals surface area (Å²) >= 11 is 3.40. The summed E-state index contributed by atoms with van der Waals surface area (Å²) in [7, 11) is 0. The number of hydrogen-bond donors (Lipinski definition) is 3. The first-order chi connectivity index (χ1) is 14.6. The van der Waals surface area contributed by atoms with Gasteiger partial charge in [-0.2, -0.15) is 0 Å². The van der Waals surface area contributed by atoms with Crippen molar-refractivity contribution < 1.29 is 19.1 Å². The molecule has 0 aromatic heterocycles. The maximum Gasteiger partial charge on any atom is 0.407 e. The van der Waals surface area contributed by atoms with Gasteiger partial charge in [0.05, 0.1) is 6.42 Å². The monoisotopic (exact) mass is 489 g/mol. The number of benzene rings is 2. The zero-order chi connectivity index (χ0) is 22.9. The highest BCUT2D eigenvalue weighted by molar-refractivity contribution is 9.10. The Labute approximate surface area is 191 Å². The first-order valence-corrected chi connectivity index (χ1v) is 10.8. The van der Waals surface area contributed by atoms with Gasteiger partial charge in [0.25, 0.3) is 0 Å². The predicted molar refractivity (Wildman–Crippen MR) is 124 cm³/mol. The Morgan fingerprint density at radius 3 is 2.42 bits per heavy atom. The van der Waals surface area contributed by atoms with Crippen LogP contribution in [0.1, 0.15) is 38.3 Å². The number of para-hydroxylation sites is 1. The number of alkyl carbamates (subject to hydrolysis) is 1. The fourth-order valence-electron chi connectivity index (χ4n) is 2.70. The molecular formula is C23H28BrN3O4. The Bertz CT molecular complexity index is 925. The Hall–Kier alpha value is -2.87. The number of ether oxygens (including phenoxy) is 1. The maximum absolute atomic E-state index is 12.4. The van der Waals surface area contributed by atoms with E-state index in [1.807, 2.05) is 42.5 Å². The Morgan fingerprint density at radius 2 is 1.71 bits per heavy atom. The third-order valence-corrected chi connectivity index (χ3v) is 4.53. The highest BCUT2D eigenvalue weighted by atomic mass is 79.9. The van der Waals surface area contributed by atoms with Crippen molar-refractivity contribution in [3.63, 3.8) is 0 Å². The summed E-state index contributed by atoms with van der Waals surface area (Å²) in [6.45, 7) is 5.75. The van der Waals surface area contributed by atoms with E-state index in [0.717, 1.165) is 15.6 Å². The van der Waals surface area contributed by atoms with E-state index in [2.05, 4.69) is 31.9 Å². The third kappa shape index (κ3) is 9.65. The van der Waals surface area contributed by atoms with Gasteiger partial charge in [-0.05, 0) is 50.1 Å². The Morgan fingerprint density at radius 1 is 0.968 bits per heavy atom. The molecule has 3 amide bonds. The molecule has 0 atom stereocenters. The van der Waals surface area contributed by atoms with Gasteiger partial charge in [-0.3, -0.25) is 9.59 Å². The number of carbonyl (C=O) groups is 3. The molecule has 2 aromatic carbocycles. The van der Waals surface area contributed by atoms with E-state index in [4.69, 9.17) is 4.74 Å². The van der Waals surface area contributed by atoms with Crippen molar-refractivity contribution >= 4 is 39.5 Å². The molecule has 8 heteroatoms. The van der Waals surface area contributed by atoms with Crippen LogP contribution in [-0.4, -0.2) is 30.1 Å². The molecule has 0 heterocycles. The zero-order valence-electron chi connectivity index (χ0n) is 18.0. The van der Waals surface area contributed by atoms with Gasteiger partial charge in [-0.25, -0.2) is 4.79 Å². The lowest BCUT2D eigenvalue weighted by Gasteiger charge is -2.19. The number of halogens is 1. The van der Waals surface area contributed by atoms with E-state index in [0.29, 0.717) is 5.69 Å². The molecule has 166 valence electrons. The minimum Gasteiger partial charge on any atom is -0.444 e. The second-order valence-corrected chi connectivity index (χ2v) is 8.88. The first kappa shape index (κ1) is 24.4. The maximum atomic E-state index is 12.4. The van der Waals surface area contributed by atoms with E-state index in [-0.39, 0.29) is 37.7 Å². The lowest BCUT2D eigenvalue weighted by atomic mass is 10.1. The number of amides is 3. The van der Waals surface area contributed by atoms with Gasteiger partial charge in [0.1, 0.15) is 5.60 Å². The van der Waals surface area contributed by atoms with E-state index < -0.39 is 11.7 Å². The SMILES string of the molecule is CC(C)(C)OC(=O)NCCC(=O)NCc1ccccc1NC(=O)Cc1cccc(Br)c1. The van der Waals surface area contributed by atoms with Crippen LogP contribution in [-0.2, 0) is 27.3 Å². The smallest absolute Gasteiger partial charge is 0.407 e. The fourth-order valence-corrected chi connectivity index (χ4v) is 3.14. The van der Waals surface area contributed by atoms with E-state index in [9.17, 15) is 14.4 Å². The van der Waals surface area contributed by atoms with Crippen LogP contribution in [0.2, 0.25) is 0 Å².